The van der Waals surface area contributed by atoms with E-state index in [2.05, 4.69) is 5.32 Å². The predicted octanol–water partition coefficient (Wildman–Crippen LogP) is 3.19. The van der Waals surface area contributed by atoms with Gasteiger partial charge in [0, 0.05) is 19.5 Å². The second-order valence-electron chi connectivity index (χ2n) is 5.30. The fourth-order valence-corrected chi connectivity index (χ4v) is 3.17. The maximum atomic E-state index is 12.0. The van der Waals surface area contributed by atoms with Crippen LogP contribution in [0.1, 0.15) is 31.2 Å². The van der Waals surface area contributed by atoms with Gasteiger partial charge in [0.15, 0.2) is 0 Å². The molecule has 2 atom stereocenters. The number of benzene rings is 1. The number of halogens is 2. The number of carbonyl (C=O) groups excluding carboxylic acids is 1. The van der Waals surface area contributed by atoms with E-state index in [4.69, 9.17) is 28.9 Å². The molecular formula is C14H19Cl2N3O. The smallest absolute Gasteiger partial charge is 0.318 e. The number of hydrogen-bond donors (Lipinski definition) is 2. The summed E-state index contributed by atoms with van der Waals surface area (Å²) >= 11 is 12.0. The molecule has 20 heavy (non-hydrogen) atoms. The Morgan fingerprint density at radius 3 is 2.75 bits per heavy atom. The van der Waals surface area contributed by atoms with Gasteiger partial charge in [-0.3, -0.25) is 0 Å². The summed E-state index contributed by atoms with van der Waals surface area (Å²) in [7, 11) is 1.61. The number of likely N-dealkylation sites (tertiary alicyclic amines) is 1. The Morgan fingerprint density at radius 1 is 1.45 bits per heavy atom. The van der Waals surface area contributed by atoms with Gasteiger partial charge in [-0.25, -0.2) is 4.79 Å². The minimum absolute atomic E-state index is 0.0308. The number of amides is 2. The van der Waals surface area contributed by atoms with Crippen LogP contribution in [0.5, 0.6) is 0 Å². The highest BCUT2D eigenvalue weighted by Crippen LogP contribution is 2.39. The summed E-state index contributed by atoms with van der Waals surface area (Å²) in [6.45, 7) is 2.54. The van der Waals surface area contributed by atoms with Crippen molar-refractivity contribution in [2.75, 3.05) is 13.6 Å². The predicted molar refractivity (Wildman–Crippen MR) is 82.2 cm³/mol. The van der Waals surface area contributed by atoms with Gasteiger partial charge in [-0.1, -0.05) is 29.3 Å². The molecule has 0 saturated carbocycles. The third kappa shape index (κ3) is 2.73. The van der Waals surface area contributed by atoms with Gasteiger partial charge >= 0.3 is 6.03 Å². The van der Waals surface area contributed by atoms with Gasteiger partial charge in [-0.05, 0) is 37.5 Å². The van der Waals surface area contributed by atoms with Gasteiger partial charge in [0.1, 0.15) is 0 Å². The standard InChI is InChI=1S/C14H19Cl2N3O/c1-14(17)10(4-3-7-19(14)13(20)18-2)9-5-6-11(15)12(16)8-9/h5-6,8,10H,3-4,7,17H2,1-2H3,(H,18,20). The number of hydrogen-bond acceptors (Lipinski definition) is 2. The van der Waals surface area contributed by atoms with E-state index in [9.17, 15) is 4.79 Å². The lowest BCUT2D eigenvalue weighted by Crippen LogP contribution is -2.64. The number of nitrogens with zero attached hydrogens (tertiary/aromatic N) is 1. The quantitative estimate of drug-likeness (QED) is 0.836. The molecule has 2 amide bonds. The zero-order valence-electron chi connectivity index (χ0n) is 11.6. The molecule has 0 radical (unpaired) electrons. The van der Waals surface area contributed by atoms with E-state index >= 15 is 0 Å². The number of nitrogens with one attached hydrogen (secondary N) is 1. The van der Waals surface area contributed by atoms with Crippen molar-refractivity contribution in [2.24, 2.45) is 5.73 Å². The molecule has 1 fully saturated rings. The van der Waals surface area contributed by atoms with Crippen molar-refractivity contribution in [1.29, 1.82) is 0 Å². The topological polar surface area (TPSA) is 58.4 Å². The molecule has 0 bridgehead atoms. The number of urea groups is 1. The summed E-state index contributed by atoms with van der Waals surface area (Å²) in [5.41, 5.74) is 6.71. The first-order chi connectivity index (χ1) is 9.37. The van der Waals surface area contributed by atoms with E-state index in [1.165, 1.54) is 0 Å². The van der Waals surface area contributed by atoms with Gasteiger partial charge in [0.25, 0.3) is 0 Å². The molecule has 4 nitrogen and oxygen atoms in total. The Kier molecular flexibility index (Phi) is 4.47. The van der Waals surface area contributed by atoms with Crippen LogP contribution in [0.4, 0.5) is 4.79 Å². The van der Waals surface area contributed by atoms with Crippen molar-refractivity contribution >= 4 is 29.2 Å². The Balaban J connectivity index is 2.35. The van der Waals surface area contributed by atoms with Gasteiger partial charge in [0.05, 0.1) is 15.7 Å². The molecule has 1 aromatic rings. The molecule has 1 heterocycles. The molecule has 1 aliphatic heterocycles. The molecule has 1 aromatic carbocycles. The highest BCUT2D eigenvalue weighted by molar-refractivity contribution is 6.42. The molecule has 1 aliphatic rings. The average Bonchev–Trinajstić information content (AvgIpc) is 2.40. The molecule has 0 aliphatic carbocycles. The fourth-order valence-electron chi connectivity index (χ4n) is 2.86. The minimum atomic E-state index is -0.754. The van der Waals surface area contributed by atoms with Gasteiger partial charge in [-0.15, -0.1) is 0 Å². The molecule has 2 rings (SSSR count). The molecule has 0 spiro atoms. The second-order valence-corrected chi connectivity index (χ2v) is 6.12. The van der Waals surface area contributed by atoms with E-state index in [-0.39, 0.29) is 11.9 Å². The van der Waals surface area contributed by atoms with E-state index < -0.39 is 5.66 Å². The van der Waals surface area contributed by atoms with Crippen LogP contribution in [0, 0.1) is 0 Å². The summed E-state index contributed by atoms with van der Waals surface area (Å²) in [6.07, 6.45) is 1.82. The summed E-state index contributed by atoms with van der Waals surface area (Å²) in [5, 5.41) is 3.68. The summed E-state index contributed by atoms with van der Waals surface area (Å²) in [4.78, 5) is 13.7. The van der Waals surface area contributed by atoms with Crippen LogP contribution in [0.2, 0.25) is 10.0 Å². The number of piperidine rings is 1. The molecule has 1 saturated heterocycles. The maximum Gasteiger partial charge on any atom is 0.318 e. The van der Waals surface area contributed by atoms with Crippen LogP contribution in [-0.4, -0.2) is 30.2 Å². The summed E-state index contributed by atoms with van der Waals surface area (Å²) in [6, 6.07) is 5.39. The monoisotopic (exact) mass is 315 g/mol. The van der Waals surface area contributed by atoms with E-state index in [1.54, 1.807) is 18.0 Å². The van der Waals surface area contributed by atoms with Crippen LogP contribution in [-0.2, 0) is 0 Å². The number of carbonyl (C=O) groups is 1. The molecular weight excluding hydrogens is 297 g/mol. The maximum absolute atomic E-state index is 12.0. The first-order valence-corrected chi connectivity index (χ1v) is 7.36. The van der Waals surface area contributed by atoms with E-state index in [0.29, 0.717) is 16.6 Å². The molecule has 3 N–H and O–H groups in total. The Bertz CT molecular complexity index is 519. The highest BCUT2D eigenvalue weighted by Gasteiger charge is 2.42. The lowest BCUT2D eigenvalue weighted by Gasteiger charge is -2.47. The first kappa shape index (κ1) is 15.4. The Hall–Kier alpha value is -0.970. The van der Waals surface area contributed by atoms with Crippen molar-refractivity contribution in [3.8, 4) is 0 Å². The summed E-state index contributed by atoms with van der Waals surface area (Å²) in [5.74, 6) is 0.0308. The van der Waals surface area contributed by atoms with Gasteiger partial charge < -0.3 is 16.0 Å². The minimum Gasteiger partial charge on any atom is -0.341 e. The third-order valence-electron chi connectivity index (χ3n) is 3.97. The van der Waals surface area contributed by atoms with Crippen LogP contribution in [0.25, 0.3) is 0 Å². The molecule has 2 unspecified atom stereocenters. The molecule has 0 aromatic heterocycles. The lowest BCUT2D eigenvalue weighted by molar-refractivity contribution is 0.0754. The van der Waals surface area contributed by atoms with Crippen molar-refractivity contribution in [1.82, 2.24) is 10.2 Å². The van der Waals surface area contributed by atoms with Crippen LogP contribution in [0.15, 0.2) is 18.2 Å². The third-order valence-corrected chi connectivity index (χ3v) is 4.71. The van der Waals surface area contributed by atoms with Crippen molar-refractivity contribution in [3.05, 3.63) is 33.8 Å². The largest absolute Gasteiger partial charge is 0.341 e. The van der Waals surface area contributed by atoms with Gasteiger partial charge in [-0.2, -0.15) is 0 Å². The summed E-state index contributed by atoms with van der Waals surface area (Å²) < 4.78 is 0. The molecule has 6 heteroatoms. The Labute approximate surface area is 129 Å². The second kappa shape index (κ2) is 5.80. The van der Waals surface area contributed by atoms with Crippen LogP contribution in [0.3, 0.4) is 0 Å². The van der Waals surface area contributed by atoms with Crippen LogP contribution < -0.4 is 11.1 Å². The first-order valence-electron chi connectivity index (χ1n) is 6.61. The number of nitrogens with two attached hydrogens (primary N) is 1. The van der Waals surface area contributed by atoms with Crippen LogP contribution >= 0.6 is 23.2 Å². The van der Waals surface area contributed by atoms with E-state index in [0.717, 1.165) is 18.4 Å². The SMILES string of the molecule is CNC(=O)N1CCCC(c2ccc(Cl)c(Cl)c2)C1(C)N. The zero-order chi connectivity index (χ0) is 14.9. The fraction of sp³-hybridized carbons (Fsp3) is 0.500. The van der Waals surface area contributed by atoms with E-state index in [1.807, 2.05) is 19.1 Å². The zero-order valence-corrected chi connectivity index (χ0v) is 13.1. The number of rotatable bonds is 1. The highest BCUT2D eigenvalue weighted by atomic mass is 35.5. The average molecular weight is 316 g/mol. The lowest BCUT2D eigenvalue weighted by atomic mass is 9.80. The van der Waals surface area contributed by atoms with Crippen molar-refractivity contribution in [2.45, 2.75) is 31.3 Å². The van der Waals surface area contributed by atoms with Crippen molar-refractivity contribution in [3.63, 3.8) is 0 Å². The van der Waals surface area contributed by atoms with Gasteiger partial charge in [0.2, 0.25) is 0 Å². The Morgan fingerprint density at radius 2 is 2.15 bits per heavy atom. The normalized spacial score (nSPS) is 26.4. The molecule has 110 valence electrons. The van der Waals surface area contributed by atoms with Crippen molar-refractivity contribution < 1.29 is 4.79 Å².